The number of hydrogen-bond acceptors (Lipinski definition) is 4. The Kier molecular flexibility index (Phi) is 4.93. The predicted octanol–water partition coefficient (Wildman–Crippen LogP) is 4.29. The number of carbonyl (C=O) groups is 2. The molecule has 0 radical (unpaired) electrons. The molecule has 142 valence electrons. The topological polar surface area (TPSA) is 71.3 Å². The largest absolute Gasteiger partial charge is 0.452 e. The van der Waals surface area contributed by atoms with Crippen LogP contribution in [0.4, 0.5) is 4.39 Å². The summed E-state index contributed by atoms with van der Waals surface area (Å²) in [6.07, 6.45) is -0.880. The standard InChI is InChI=1S/C20H13Cl2FN2O3/c21-12-3-1-2-10(4-12)19-15(11-5-13(22)7-14(23)6-11)8-16(28-19)18(27)20-24-9-17(26)25-20/h1-8,20,24H,9H2,(H,25,26). The zero-order chi connectivity index (χ0) is 19.8. The molecule has 1 unspecified atom stereocenters. The number of nitrogens with one attached hydrogen (secondary N) is 2. The van der Waals surface area contributed by atoms with Crippen LogP contribution in [0.5, 0.6) is 0 Å². The van der Waals surface area contributed by atoms with Crippen molar-refractivity contribution in [3.8, 4) is 22.5 Å². The average Bonchev–Trinajstić information content (AvgIpc) is 3.27. The Hall–Kier alpha value is -2.67. The van der Waals surface area contributed by atoms with Gasteiger partial charge in [-0.25, -0.2) is 4.39 Å². The van der Waals surface area contributed by atoms with Gasteiger partial charge in [0.1, 0.15) is 17.7 Å². The Morgan fingerprint density at radius 1 is 1.07 bits per heavy atom. The number of hydrogen-bond donors (Lipinski definition) is 2. The van der Waals surface area contributed by atoms with Crippen molar-refractivity contribution in [2.45, 2.75) is 6.17 Å². The molecule has 0 aliphatic carbocycles. The van der Waals surface area contributed by atoms with Gasteiger partial charge in [0, 0.05) is 21.2 Å². The molecule has 1 fully saturated rings. The molecule has 0 saturated carbocycles. The van der Waals surface area contributed by atoms with Crippen molar-refractivity contribution >= 4 is 34.9 Å². The summed E-state index contributed by atoms with van der Waals surface area (Å²) in [5.41, 5.74) is 1.55. The van der Waals surface area contributed by atoms with Crippen molar-refractivity contribution < 1.29 is 18.4 Å². The molecule has 1 saturated heterocycles. The molecule has 0 spiro atoms. The second kappa shape index (κ2) is 7.39. The molecule has 3 aromatic rings. The highest BCUT2D eigenvalue weighted by Crippen LogP contribution is 2.37. The molecule has 4 rings (SSSR count). The summed E-state index contributed by atoms with van der Waals surface area (Å²) < 4.78 is 19.7. The maximum atomic E-state index is 13.9. The minimum Gasteiger partial charge on any atom is -0.452 e. The van der Waals surface area contributed by atoms with Crippen LogP contribution in [0.1, 0.15) is 10.6 Å². The van der Waals surface area contributed by atoms with Crippen LogP contribution in [0, 0.1) is 5.82 Å². The van der Waals surface area contributed by atoms with E-state index >= 15 is 0 Å². The number of ketones is 1. The molecule has 5 nitrogen and oxygen atoms in total. The van der Waals surface area contributed by atoms with Crippen LogP contribution in [0.15, 0.2) is 52.9 Å². The fourth-order valence-corrected chi connectivity index (χ4v) is 3.45. The van der Waals surface area contributed by atoms with Gasteiger partial charge in [-0.3, -0.25) is 14.9 Å². The van der Waals surface area contributed by atoms with E-state index in [1.807, 2.05) is 0 Å². The Labute approximate surface area is 169 Å². The van der Waals surface area contributed by atoms with Crippen LogP contribution in [-0.2, 0) is 4.79 Å². The van der Waals surface area contributed by atoms with E-state index in [0.717, 1.165) is 0 Å². The number of amides is 1. The van der Waals surface area contributed by atoms with Crippen LogP contribution < -0.4 is 10.6 Å². The van der Waals surface area contributed by atoms with E-state index in [1.165, 1.54) is 18.2 Å². The Morgan fingerprint density at radius 3 is 2.54 bits per heavy atom. The second-order valence-electron chi connectivity index (χ2n) is 6.27. The van der Waals surface area contributed by atoms with Gasteiger partial charge in [-0.05, 0) is 42.0 Å². The first-order chi connectivity index (χ1) is 13.4. The van der Waals surface area contributed by atoms with Gasteiger partial charge >= 0.3 is 0 Å². The van der Waals surface area contributed by atoms with Gasteiger partial charge < -0.3 is 9.73 Å². The second-order valence-corrected chi connectivity index (χ2v) is 7.14. The van der Waals surface area contributed by atoms with Crippen LogP contribution >= 0.6 is 23.2 Å². The maximum absolute atomic E-state index is 13.9. The van der Waals surface area contributed by atoms with Gasteiger partial charge in [-0.15, -0.1) is 0 Å². The first kappa shape index (κ1) is 18.7. The molecule has 8 heteroatoms. The number of halogens is 3. The zero-order valence-corrected chi connectivity index (χ0v) is 15.8. The van der Waals surface area contributed by atoms with Crippen LogP contribution in [-0.4, -0.2) is 24.4 Å². The molecule has 0 bridgehead atoms. The summed E-state index contributed by atoms with van der Waals surface area (Å²) in [6.45, 7) is 0.0463. The van der Waals surface area contributed by atoms with E-state index in [9.17, 15) is 14.0 Å². The van der Waals surface area contributed by atoms with Gasteiger partial charge in [0.15, 0.2) is 5.76 Å². The molecule has 28 heavy (non-hydrogen) atoms. The average molecular weight is 419 g/mol. The Balaban J connectivity index is 1.84. The lowest BCUT2D eigenvalue weighted by molar-refractivity contribution is -0.118. The van der Waals surface area contributed by atoms with E-state index in [0.29, 0.717) is 27.5 Å². The monoisotopic (exact) mass is 418 g/mol. The van der Waals surface area contributed by atoms with E-state index in [-0.39, 0.29) is 23.2 Å². The number of furan rings is 1. The lowest BCUT2D eigenvalue weighted by Crippen LogP contribution is -2.39. The highest BCUT2D eigenvalue weighted by atomic mass is 35.5. The molecule has 2 heterocycles. The van der Waals surface area contributed by atoms with Crippen molar-refractivity contribution in [3.63, 3.8) is 0 Å². The number of benzene rings is 2. The van der Waals surface area contributed by atoms with Gasteiger partial charge in [0.25, 0.3) is 0 Å². The number of carbonyl (C=O) groups excluding carboxylic acids is 2. The summed E-state index contributed by atoms with van der Waals surface area (Å²) in [5, 5.41) is 5.99. The van der Waals surface area contributed by atoms with Gasteiger partial charge in [-0.1, -0.05) is 35.3 Å². The van der Waals surface area contributed by atoms with E-state index in [2.05, 4.69) is 10.6 Å². The smallest absolute Gasteiger partial charge is 0.235 e. The molecule has 1 aromatic heterocycles. The molecular weight excluding hydrogens is 406 g/mol. The van der Waals surface area contributed by atoms with Gasteiger partial charge in [0.2, 0.25) is 11.7 Å². The Bertz CT molecular complexity index is 1080. The predicted molar refractivity (Wildman–Crippen MR) is 104 cm³/mol. The lowest BCUT2D eigenvalue weighted by Gasteiger charge is -2.06. The third-order valence-electron chi connectivity index (χ3n) is 4.27. The quantitative estimate of drug-likeness (QED) is 0.620. The fourth-order valence-electron chi connectivity index (χ4n) is 3.04. The molecular formula is C20H13Cl2FN2O3. The summed E-state index contributed by atoms with van der Waals surface area (Å²) in [5.74, 6) is -0.875. The lowest BCUT2D eigenvalue weighted by atomic mass is 10.0. The molecule has 2 N–H and O–H groups in total. The van der Waals surface area contributed by atoms with Crippen LogP contribution in [0.2, 0.25) is 10.0 Å². The van der Waals surface area contributed by atoms with E-state index < -0.39 is 17.8 Å². The number of Topliss-reactive ketones (excluding diaryl/α,β-unsaturated/α-hetero) is 1. The molecule has 1 amide bonds. The summed E-state index contributed by atoms with van der Waals surface area (Å²) >= 11 is 12.1. The van der Waals surface area contributed by atoms with E-state index in [4.69, 9.17) is 27.6 Å². The van der Waals surface area contributed by atoms with Gasteiger partial charge in [-0.2, -0.15) is 0 Å². The summed E-state index contributed by atoms with van der Waals surface area (Å²) in [7, 11) is 0. The number of rotatable bonds is 4. The highest BCUT2D eigenvalue weighted by molar-refractivity contribution is 6.31. The summed E-state index contributed by atoms with van der Waals surface area (Å²) in [6, 6.07) is 12.5. The normalized spacial score (nSPS) is 16.2. The fraction of sp³-hybridized carbons (Fsp3) is 0.100. The van der Waals surface area contributed by atoms with Crippen molar-refractivity contribution in [2.24, 2.45) is 0 Å². The molecule has 1 atom stereocenters. The zero-order valence-electron chi connectivity index (χ0n) is 14.3. The first-order valence-corrected chi connectivity index (χ1v) is 9.09. The van der Waals surface area contributed by atoms with Crippen molar-refractivity contribution in [3.05, 3.63) is 70.2 Å². The van der Waals surface area contributed by atoms with E-state index in [1.54, 1.807) is 30.3 Å². The first-order valence-electron chi connectivity index (χ1n) is 8.34. The minimum atomic E-state index is -0.880. The maximum Gasteiger partial charge on any atom is 0.235 e. The van der Waals surface area contributed by atoms with Gasteiger partial charge in [0.05, 0.1) is 6.54 Å². The van der Waals surface area contributed by atoms with Crippen molar-refractivity contribution in [2.75, 3.05) is 6.54 Å². The van der Waals surface area contributed by atoms with Crippen LogP contribution in [0.25, 0.3) is 22.5 Å². The minimum absolute atomic E-state index is 0.0186. The molecule has 1 aliphatic rings. The third-order valence-corrected chi connectivity index (χ3v) is 4.72. The Morgan fingerprint density at radius 2 is 1.86 bits per heavy atom. The van der Waals surface area contributed by atoms with Crippen LogP contribution in [0.3, 0.4) is 0 Å². The SMILES string of the molecule is O=C1CNC(C(=O)c2cc(-c3cc(F)cc(Cl)c3)c(-c3cccc(Cl)c3)o2)N1. The highest BCUT2D eigenvalue weighted by Gasteiger charge is 2.31. The molecule has 2 aromatic carbocycles. The van der Waals surface area contributed by atoms with Crippen molar-refractivity contribution in [1.82, 2.24) is 10.6 Å². The molecule has 1 aliphatic heterocycles. The van der Waals surface area contributed by atoms with Crippen molar-refractivity contribution in [1.29, 1.82) is 0 Å². The summed E-state index contributed by atoms with van der Waals surface area (Å²) in [4.78, 5) is 24.1. The third kappa shape index (κ3) is 3.67.